The smallest absolute Gasteiger partial charge is 0.314 e. The molecule has 5 heteroatoms. The predicted octanol–water partition coefficient (Wildman–Crippen LogP) is 2.71. The topological polar surface area (TPSA) is 65.2 Å². The zero-order valence-corrected chi connectivity index (χ0v) is 10.4. The van der Waals surface area contributed by atoms with Crippen LogP contribution in [0.5, 0.6) is 5.75 Å². The van der Waals surface area contributed by atoms with Gasteiger partial charge < -0.3 is 10.5 Å². The fourth-order valence-corrected chi connectivity index (χ4v) is 2.20. The maximum absolute atomic E-state index is 11.5. The lowest BCUT2D eigenvalue weighted by Gasteiger charge is -2.03. The molecule has 0 saturated heterocycles. The number of thiazole rings is 1. The lowest BCUT2D eigenvalue weighted by Crippen LogP contribution is -2.09. The van der Waals surface area contributed by atoms with Gasteiger partial charge in [-0.2, -0.15) is 0 Å². The van der Waals surface area contributed by atoms with Gasteiger partial charge in [-0.05, 0) is 37.1 Å². The quantitative estimate of drug-likeness (QED) is 0.680. The number of hydrogen-bond donors (Lipinski definition) is 1. The van der Waals surface area contributed by atoms with Gasteiger partial charge in [0.1, 0.15) is 5.75 Å². The first-order valence-electron chi connectivity index (χ1n) is 5.75. The van der Waals surface area contributed by atoms with Crippen LogP contribution in [-0.4, -0.2) is 11.0 Å². The van der Waals surface area contributed by atoms with E-state index in [0.717, 1.165) is 24.1 Å². The summed E-state index contributed by atoms with van der Waals surface area (Å²) in [4.78, 5) is 15.7. The Kier molecular flexibility index (Phi) is 2.76. The number of hydrogen-bond acceptors (Lipinski definition) is 5. The Morgan fingerprint density at radius 3 is 2.61 bits per heavy atom. The molecule has 1 fully saturated rings. The highest BCUT2D eigenvalue weighted by Crippen LogP contribution is 2.31. The van der Waals surface area contributed by atoms with Gasteiger partial charge in [-0.25, -0.2) is 4.98 Å². The van der Waals surface area contributed by atoms with Crippen molar-refractivity contribution in [2.45, 2.75) is 12.8 Å². The fourth-order valence-electron chi connectivity index (χ4n) is 1.63. The SMILES string of the molecule is Nc1nc(-c2ccc(OC(=O)C3CC3)cc2)cs1. The third-order valence-corrected chi connectivity index (χ3v) is 3.48. The van der Waals surface area contributed by atoms with E-state index in [-0.39, 0.29) is 11.9 Å². The Hall–Kier alpha value is -1.88. The van der Waals surface area contributed by atoms with Gasteiger partial charge in [0.2, 0.25) is 0 Å². The summed E-state index contributed by atoms with van der Waals surface area (Å²) in [6.45, 7) is 0. The number of anilines is 1. The molecule has 0 amide bonds. The number of nitrogens with two attached hydrogens (primary N) is 1. The van der Waals surface area contributed by atoms with Crippen LogP contribution in [0, 0.1) is 5.92 Å². The number of nitrogen functional groups attached to an aromatic ring is 1. The summed E-state index contributed by atoms with van der Waals surface area (Å²) >= 11 is 1.41. The van der Waals surface area contributed by atoms with Gasteiger partial charge in [-0.1, -0.05) is 0 Å². The highest BCUT2D eigenvalue weighted by molar-refractivity contribution is 7.13. The minimum Gasteiger partial charge on any atom is -0.426 e. The largest absolute Gasteiger partial charge is 0.426 e. The summed E-state index contributed by atoms with van der Waals surface area (Å²) < 4.78 is 5.25. The number of nitrogens with zero attached hydrogens (tertiary/aromatic N) is 1. The van der Waals surface area contributed by atoms with E-state index >= 15 is 0 Å². The standard InChI is InChI=1S/C13H12N2O2S/c14-13-15-11(7-18-13)8-3-5-10(6-4-8)17-12(16)9-1-2-9/h3-7,9H,1-2H2,(H2,14,15). The molecule has 2 N–H and O–H groups in total. The third kappa shape index (κ3) is 2.36. The highest BCUT2D eigenvalue weighted by atomic mass is 32.1. The van der Waals surface area contributed by atoms with Crippen molar-refractivity contribution in [1.29, 1.82) is 0 Å². The number of ether oxygens (including phenoxy) is 1. The number of carbonyl (C=O) groups excluding carboxylic acids is 1. The molecule has 0 unspecified atom stereocenters. The molecule has 0 aliphatic heterocycles. The van der Waals surface area contributed by atoms with E-state index in [0.29, 0.717) is 10.9 Å². The van der Waals surface area contributed by atoms with E-state index < -0.39 is 0 Å². The van der Waals surface area contributed by atoms with Gasteiger partial charge in [0.15, 0.2) is 5.13 Å². The maximum Gasteiger partial charge on any atom is 0.314 e. The molecule has 1 heterocycles. The molecule has 0 atom stereocenters. The zero-order valence-electron chi connectivity index (χ0n) is 9.63. The van der Waals surface area contributed by atoms with Crippen molar-refractivity contribution >= 4 is 22.4 Å². The molecule has 1 aromatic carbocycles. The third-order valence-electron chi connectivity index (χ3n) is 2.80. The van der Waals surface area contributed by atoms with E-state index in [9.17, 15) is 4.79 Å². The van der Waals surface area contributed by atoms with Gasteiger partial charge in [-0.3, -0.25) is 4.79 Å². The molecule has 2 aromatic rings. The Morgan fingerprint density at radius 2 is 2.06 bits per heavy atom. The second-order valence-corrected chi connectivity index (χ2v) is 5.18. The van der Waals surface area contributed by atoms with Gasteiger partial charge in [-0.15, -0.1) is 11.3 Å². The summed E-state index contributed by atoms with van der Waals surface area (Å²) in [6, 6.07) is 7.32. The van der Waals surface area contributed by atoms with Crippen molar-refractivity contribution in [2.24, 2.45) is 5.92 Å². The van der Waals surface area contributed by atoms with Gasteiger partial charge in [0, 0.05) is 10.9 Å². The van der Waals surface area contributed by atoms with Crippen LogP contribution in [0.4, 0.5) is 5.13 Å². The van der Waals surface area contributed by atoms with Gasteiger partial charge >= 0.3 is 5.97 Å². The molecule has 1 saturated carbocycles. The van der Waals surface area contributed by atoms with Crippen molar-refractivity contribution in [3.05, 3.63) is 29.6 Å². The van der Waals surface area contributed by atoms with Crippen molar-refractivity contribution in [3.63, 3.8) is 0 Å². The second-order valence-electron chi connectivity index (χ2n) is 4.29. The molecule has 1 aliphatic carbocycles. The number of benzene rings is 1. The minimum atomic E-state index is -0.124. The van der Waals surface area contributed by atoms with Crippen LogP contribution in [-0.2, 0) is 4.79 Å². The average Bonchev–Trinajstić information content (AvgIpc) is 3.13. The molecule has 18 heavy (non-hydrogen) atoms. The van der Waals surface area contributed by atoms with Crippen LogP contribution in [0.15, 0.2) is 29.6 Å². The Morgan fingerprint density at radius 1 is 1.33 bits per heavy atom. The van der Waals surface area contributed by atoms with E-state index in [4.69, 9.17) is 10.5 Å². The van der Waals surface area contributed by atoms with E-state index in [1.165, 1.54) is 11.3 Å². The monoisotopic (exact) mass is 260 g/mol. The van der Waals surface area contributed by atoms with E-state index in [1.807, 2.05) is 17.5 Å². The minimum absolute atomic E-state index is 0.114. The Bertz CT molecular complexity index is 573. The number of rotatable bonds is 3. The first kappa shape index (κ1) is 11.2. The average molecular weight is 260 g/mol. The predicted molar refractivity (Wildman–Crippen MR) is 70.3 cm³/mol. The fraction of sp³-hybridized carbons (Fsp3) is 0.231. The molecule has 1 aromatic heterocycles. The molecule has 92 valence electrons. The van der Waals surface area contributed by atoms with E-state index in [1.54, 1.807) is 12.1 Å². The van der Waals surface area contributed by atoms with Crippen LogP contribution in [0.25, 0.3) is 11.3 Å². The van der Waals surface area contributed by atoms with Gasteiger partial charge in [0.25, 0.3) is 0 Å². The normalized spacial score (nSPS) is 14.4. The zero-order chi connectivity index (χ0) is 12.5. The maximum atomic E-state index is 11.5. The van der Waals surface area contributed by atoms with Crippen molar-refractivity contribution in [2.75, 3.05) is 5.73 Å². The van der Waals surface area contributed by atoms with Gasteiger partial charge in [0.05, 0.1) is 11.6 Å². The van der Waals surface area contributed by atoms with Crippen molar-refractivity contribution < 1.29 is 9.53 Å². The Labute approximate surface area is 108 Å². The molecule has 4 nitrogen and oxygen atoms in total. The van der Waals surface area contributed by atoms with Crippen molar-refractivity contribution in [3.8, 4) is 17.0 Å². The summed E-state index contributed by atoms with van der Waals surface area (Å²) in [7, 11) is 0. The first-order chi connectivity index (χ1) is 8.72. The molecule has 3 rings (SSSR count). The molecular weight excluding hydrogens is 248 g/mol. The van der Waals surface area contributed by atoms with Crippen LogP contribution in [0.3, 0.4) is 0 Å². The van der Waals surface area contributed by atoms with Crippen LogP contribution in [0.2, 0.25) is 0 Å². The van der Waals surface area contributed by atoms with Crippen molar-refractivity contribution in [1.82, 2.24) is 4.98 Å². The summed E-state index contributed by atoms with van der Waals surface area (Å²) in [5.41, 5.74) is 7.40. The van der Waals surface area contributed by atoms with Crippen LogP contribution >= 0.6 is 11.3 Å². The number of aromatic nitrogens is 1. The van der Waals surface area contributed by atoms with Crippen LogP contribution in [0.1, 0.15) is 12.8 Å². The first-order valence-corrected chi connectivity index (χ1v) is 6.63. The molecular formula is C13H12N2O2S. The highest BCUT2D eigenvalue weighted by Gasteiger charge is 2.31. The molecule has 0 radical (unpaired) electrons. The number of esters is 1. The van der Waals surface area contributed by atoms with E-state index in [2.05, 4.69) is 4.98 Å². The summed E-state index contributed by atoms with van der Waals surface area (Å²) in [5.74, 6) is 0.572. The Balaban J connectivity index is 1.74. The lowest BCUT2D eigenvalue weighted by atomic mass is 10.2. The number of carbonyl (C=O) groups is 1. The molecule has 0 bridgehead atoms. The lowest BCUT2D eigenvalue weighted by molar-refractivity contribution is -0.135. The molecule has 0 spiro atoms. The summed E-state index contributed by atoms with van der Waals surface area (Å²) in [6.07, 6.45) is 1.91. The second kappa shape index (κ2) is 4.42. The summed E-state index contributed by atoms with van der Waals surface area (Å²) in [5, 5.41) is 2.45. The molecule has 1 aliphatic rings. The van der Waals surface area contributed by atoms with Crippen LogP contribution < -0.4 is 10.5 Å².